The normalized spacial score (nSPS) is 11.5. The first kappa shape index (κ1) is 14.3. The molecule has 0 spiro atoms. The van der Waals surface area contributed by atoms with E-state index in [9.17, 15) is 4.79 Å². The molecule has 5 heteroatoms. The Balaban J connectivity index is 2.15. The highest BCUT2D eigenvalue weighted by molar-refractivity contribution is 6.30. The van der Waals surface area contributed by atoms with Crippen LogP contribution in [0.25, 0.3) is 0 Å². The Hall–Kier alpha value is -2.07. The quantitative estimate of drug-likeness (QED) is 0.660. The minimum absolute atomic E-state index is 0.280. The fourth-order valence-electron chi connectivity index (χ4n) is 2.10. The maximum Gasteiger partial charge on any atom is 0.271 e. The molecule has 0 unspecified atom stereocenters. The molecule has 0 aliphatic rings. The molecule has 2 rings (SSSR count). The van der Waals surface area contributed by atoms with E-state index in [0.29, 0.717) is 10.6 Å². The van der Waals surface area contributed by atoms with Crippen LogP contribution >= 0.6 is 11.6 Å². The molecule has 2 N–H and O–H groups in total. The Kier molecular flexibility index (Phi) is 4.25. The SMILES string of the molecule is C/C(=N\NC(=O)c1cccc(Cl)c1)c1c(C)c[nH]c1C. The van der Waals surface area contributed by atoms with Crippen molar-refractivity contribution >= 4 is 23.2 Å². The molecule has 1 aromatic heterocycles. The van der Waals surface area contributed by atoms with Gasteiger partial charge in [-0.3, -0.25) is 4.79 Å². The maximum atomic E-state index is 12.0. The summed E-state index contributed by atoms with van der Waals surface area (Å²) >= 11 is 5.85. The zero-order valence-electron chi connectivity index (χ0n) is 11.6. The van der Waals surface area contributed by atoms with Crippen LogP contribution in [0.2, 0.25) is 5.02 Å². The van der Waals surface area contributed by atoms with E-state index in [4.69, 9.17) is 11.6 Å². The Morgan fingerprint density at radius 1 is 1.35 bits per heavy atom. The second-order valence-electron chi connectivity index (χ2n) is 4.62. The second kappa shape index (κ2) is 5.92. The predicted molar refractivity (Wildman–Crippen MR) is 81.4 cm³/mol. The van der Waals surface area contributed by atoms with Crippen molar-refractivity contribution < 1.29 is 4.79 Å². The van der Waals surface area contributed by atoms with Gasteiger partial charge in [0.05, 0.1) is 5.71 Å². The number of nitrogens with zero attached hydrogens (tertiary/aromatic N) is 1. The van der Waals surface area contributed by atoms with Gasteiger partial charge in [0, 0.05) is 28.0 Å². The van der Waals surface area contributed by atoms with Gasteiger partial charge >= 0.3 is 0 Å². The van der Waals surface area contributed by atoms with E-state index in [1.54, 1.807) is 24.3 Å². The predicted octanol–water partition coefficient (Wildman–Crippen LogP) is 3.44. The third kappa shape index (κ3) is 3.08. The molecule has 4 nitrogen and oxygen atoms in total. The summed E-state index contributed by atoms with van der Waals surface area (Å²) in [6, 6.07) is 6.75. The van der Waals surface area contributed by atoms with Crippen molar-refractivity contribution in [2.75, 3.05) is 0 Å². The minimum Gasteiger partial charge on any atom is -0.364 e. The number of hydrogen-bond acceptors (Lipinski definition) is 2. The molecule has 0 bridgehead atoms. The largest absolute Gasteiger partial charge is 0.364 e. The Labute approximate surface area is 122 Å². The van der Waals surface area contributed by atoms with Crippen LogP contribution < -0.4 is 5.43 Å². The number of hydrogen-bond donors (Lipinski definition) is 2. The Bertz CT molecular complexity index is 654. The highest BCUT2D eigenvalue weighted by Gasteiger charge is 2.09. The van der Waals surface area contributed by atoms with E-state index in [2.05, 4.69) is 15.5 Å². The molecule has 1 heterocycles. The van der Waals surface area contributed by atoms with Gasteiger partial charge in [0.1, 0.15) is 0 Å². The number of carbonyl (C=O) groups is 1. The lowest BCUT2D eigenvalue weighted by molar-refractivity contribution is 0.0955. The molecule has 20 heavy (non-hydrogen) atoms. The van der Waals surface area contributed by atoms with Gasteiger partial charge < -0.3 is 4.98 Å². The summed E-state index contributed by atoms with van der Waals surface area (Å²) in [5.74, 6) is -0.280. The second-order valence-corrected chi connectivity index (χ2v) is 5.06. The Morgan fingerprint density at radius 3 is 2.70 bits per heavy atom. The molecule has 0 radical (unpaired) electrons. The number of halogens is 1. The fraction of sp³-hybridized carbons (Fsp3) is 0.200. The molecule has 104 valence electrons. The first-order chi connectivity index (χ1) is 9.49. The van der Waals surface area contributed by atoms with E-state index < -0.39 is 0 Å². The van der Waals surface area contributed by atoms with Gasteiger partial charge in [-0.1, -0.05) is 17.7 Å². The first-order valence-corrected chi connectivity index (χ1v) is 6.62. The molecule has 0 aliphatic heterocycles. The highest BCUT2D eigenvalue weighted by Crippen LogP contribution is 2.13. The van der Waals surface area contributed by atoms with E-state index in [1.165, 1.54) is 0 Å². The summed E-state index contributed by atoms with van der Waals surface area (Å²) in [5.41, 5.74) is 6.94. The topological polar surface area (TPSA) is 57.2 Å². The van der Waals surface area contributed by atoms with Crippen molar-refractivity contribution in [1.29, 1.82) is 0 Å². The monoisotopic (exact) mass is 289 g/mol. The van der Waals surface area contributed by atoms with Crippen LogP contribution in [0.4, 0.5) is 0 Å². The fourth-order valence-corrected chi connectivity index (χ4v) is 2.29. The lowest BCUT2D eigenvalue weighted by Crippen LogP contribution is -2.19. The molecular formula is C15H16ClN3O. The van der Waals surface area contributed by atoms with Crippen molar-refractivity contribution in [2.24, 2.45) is 5.10 Å². The van der Waals surface area contributed by atoms with Crippen molar-refractivity contribution in [2.45, 2.75) is 20.8 Å². The number of amides is 1. The standard InChI is InChI=1S/C15H16ClN3O/c1-9-8-17-10(2)14(9)11(3)18-19-15(20)12-5-4-6-13(16)7-12/h4-8,17H,1-3H3,(H,19,20)/b18-11+. The summed E-state index contributed by atoms with van der Waals surface area (Å²) < 4.78 is 0. The number of benzene rings is 1. The van der Waals surface area contributed by atoms with E-state index >= 15 is 0 Å². The van der Waals surface area contributed by atoms with Gasteiger partial charge in [-0.15, -0.1) is 0 Å². The van der Waals surface area contributed by atoms with Crippen molar-refractivity contribution in [3.63, 3.8) is 0 Å². The van der Waals surface area contributed by atoms with Crippen LogP contribution in [0, 0.1) is 13.8 Å². The van der Waals surface area contributed by atoms with Crippen LogP contribution in [-0.4, -0.2) is 16.6 Å². The molecule has 2 aromatic rings. The summed E-state index contributed by atoms with van der Waals surface area (Å²) in [5, 5.41) is 4.67. The minimum atomic E-state index is -0.280. The number of hydrazone groups is 1. The number of aromatic nitrogens is 1. The van der Waals surface area contributed by atoms with Gasteiger partial charge in [0.25, 0.3) is 5.91 Å². The third-order valence-electron chi connectivity index (χ3n) is 3.05. The van der Waals surface area contributed by atoms with E-state index in [0.717, 1.165) is 22.5 Å². The lowest BCUT2D eigenvalue weighted by Gasteiger charge is -2.04. The summed E-state index contributed by atoms with van der Waals surface area (Å²) in [7, 11) is 0. The van der Waals surface area contributed by atoms with E-state index in [-0.39, 0.29) is 5.91 Å². The van der Waals surface area contributed by atoms with Crippen LogP contribution in [0.5, 0.6) is 0 Å². The highest BCUT2D eigenvalue weighted by atomic mass is 35.5. The Morgan fingerprint density at radius 2 is 2.10 bits per heavy atom. The lowest BCUT2D eigenvalue weighted by atomic mass is 10.1. The molecule has 0 aliphatic carbocycles. The molecular weight excluding hydrogens is 274 g/mol. The number of nitrogens with one attached hydrogen (secondary N) is 2. The van der Waals surface area contributed by atoms with Gasteiger partial charge in [0.15, 0.2) is 0 Å². The van der Waals surface area contributed by atoms with Gasteiger partial charge in [-0.2, -0.15) is 5.10 Å². The van der Waals surface area contributed by atoms with Gasteiger partial charge in [-0.05, 0) is 44.5 Å². The molecule has 0 atom stereocenters. The molecule has 0 saturated carbocycles. The zero-order valence-corrected chi connectivity index (χ0v) is 12.4. The molecule has 1 amide bonds. The summed E-state index contributed by atoms with van der Waals surface area (Å²) in [6.45, 7) is 5.83. The van der Waals surface area contributed by atoms with Crippen molar-refractivity contribution in [1.82, 2.24) is 10.4 Å². The van der Waals surface area contributed by atoms with Gasteiger partial charge in [-0.25, -0.2) is 5.43 Å². The average Bonchev–Trinajstić information content (AvgIpc) is 2.75. The summed E-state index contributed by atoms with van der Waals surface area (Å²) in [4.78, 5) is 15.1. The number of aromatic amines is 1. The maximum absolute atomic E-state index is 12.0. The number of aryl methyl sites for hydroxylation is 2. The number of H-pyrrole nitrogens is 1. The van der Waals surface area contributed by atoms with Gasteiger partial charge in [0.2, 0.25) is 0 Å². The summed E-state index contributed by atoms with van der Waals surface area (Å²) in [6.07, 6.45) is 1.92. The number of rotatable bonds is 3. The average molecular weight is 290 g/mol. The third-order valence-corrected chi connectivity index (χ3v) is 3.28. The van der Waals surface area contributed by atoms with Crippen LogP contribution in [0.15, 0.2) is 35.6 Å². The van der Waals surface area contributed by atoms with Crippen molar-refractivity contribution in [3.05, 3.63) is 57.9 Å². The smallest absolute Gasteiger partial charge is 0.271 e. The zero-order chi connectivity index (χ0) is 14.7. The molecule has 1 aromatic carbocycles. The molecule has 0 fully saturated rings. The number of carbonyl (C=O) groups excluding carboxylic acids is 1. The van der Waals surface area contributed by atoms with Crippen LogP contribution in [0.1, 0.15) is 34.1 Å². The first-order valence-electron chi connectivity index (χ1n) is 6.24. The molecule has 0 saturated heterocycles. The van der Waals surface area contributed by atoms with Crippen molar-refractivity contribution in [3.8, 4) is 0 Å². The van der Waals surface area contributed by atoms with Crippen LogP contribution in [-0.2, 0) is 0 Å². The van der Waals surface area contributed by atoms with Crippen LogP contribution in [0.3, 0.4) is 0 Å². The van der Waals surface area contributed by atoms with E-state index in [1.807, 2.05) is 27.0 Å².